The fourth-order valence-corrected chi connectivity index (χ4v) is 3.77. The summed E-state index contributed by atoms with van der Waals surface area (Å²) in [7, 11) is 0. The van der Waals surface area contributed by atoms with Gasteiger partial charge in [-0.05, 0) is 42.3 Å². The molecule has 1 aliphatic heterocycles. The second-order valence-electron chi connectivity index (χ2n) is 5.16. The first-order valence-electron chi connectivity index (χ1n) is 7.11. The highest BCUT2D eigenvalue weighted by Crippen LogP contribution is 2.39. The molecule has 2 aromatic carbocycles. The van der Waals surface area contributed by atoms with E-state index >= 15 is 0 Å². The van der Waals surface area contributed by atoms with Crippen LogP contribution in [0.25, 0.3) is 0 Å². The largest absolute Gasteiger partial charge is 0.490 e. The molecule has 0 saturated heterocycles. The van der Waals surface area contributed by atoms with Crippen LogP contribution in [-0.4, -0.2) is 18.9 Å². The predicted molar refractivity (Wildman–Crippen MR) is 84.6 cm³/mol. The van der Waals surface area contributed by atoms with Crippen LogP contribution in [0.15, 0.2) is 47.4 Å². The molecule has 2 N–H and O–H groups in total. The second-order valence-corrected chi connectivity index (χ2v) is 6.22. The summed E-state index contributed by atoms with van der Waals surface area (Å²) >= 11 is 1.84. The molecule has 0 saturated carbocycles. The van der Waals surface area contributed by atoms with Crippen LogP contribution in [0, 0.1) is 5.82 Å². The molecule has 1 unspecified atom stereocenters. The maximum absolute atomic E-state index is 14.0. The Morgan fingerprint density at radius 2 is 2.10 bits per heavy atom. The van der Waals surface area contributed by atoms with Gasteiger partial charge in [0.2, 0.25) is 0 Å². The maximum atomic E-state index is 14.0. The summed E-state index contributed by atoms with van der Waals surface area (Å²) in [4.78, 5) is 1.31. The summed E-state index contributed by atoms with van der Waals surface area (Å²) in [5.41, 5.74) is 7.69. The molecule has 0 amide bonds. The minimum Gasteiger partial charge on any atom is -0.490 e. The van der Waals surface area contributed by atoms with Gasteiger partial charge in [0.25, 0.3) is 0 Å². The van der Waals surface area contributed by atoms with Crippen molar-refractivity contribution >= 4 is 11.8 Å². The Balaban J connectivity index is 1.66. The lowest BCUT2D eigenvalue weighted by molar-refractivity contribution is 0.284. The van der Waals surface area contributed by atoms with Gasteiger partial charge in [0.1, 0.15) is 0 Å². The number of hydrogen-bond donors (Lipinski definition) is 1. The Morgan fingerprint density at radius 1 is 1.24 bits per heavy atom. The van der Waals surface area contributed by atoms with Gasteiger partial charge < -0.3 is 10.5 Å². The average Bonchev–Trinajstić information content (AvgIpc) is 2.90. The number of hydrogen-bond acceptors (Lipinski definition) is 3. The SMILES string of the molecule is NCCc1ccc(OCC2CSc3ccccc32)c(F)c1. The molecule has 21 heavy (non-hydrogen) atoms. The Labute approximate surface area is 128 Å². The molecule has 1 atom stereocenters. The lowest BCUT2D eigenvalue weighted by Crippen LogP contribution is -2.10. The third kappa shape index (κ3) is 3.22. The van der Waals surface area contributed by atoms with Crippen LogP contribution in [0.4, 0.5) is 4.39 Å². The summed E-state index contributed by atoms with van der Waals surface area (Å²) in [5.74, 6) is 1.34. The zero-order valence-corrected chi connectivity index (χ0v) is 12.5. The number of rotatable bonds is 5. The van der Waals surface area contributed by atoms with Crippen LogP contribution in [0.1, 0.15) is 17.0 Å². The minimum atomic E-state index is -0.306. The molecule has 110 valence electrons. The van der Waals surface area contributed by atoms with Gasteiger partial charge in [-0.3, -0.25) is 0 Å². The molecule has 0 aromatic heterocycles. The number of benzene rings is 2. The van der Waals surface area contributed by atoms with Crippen LogP contribution >= 0.6 is 11.8 Å². The van der Waals surface area contributed by atoms with Gasteiger partial charge in [-0.15, -0.1) is 11.8 Å². The van der Waals surface area contributed by atoms with Crippen molar-refractivity contribution in [2.24, 2.45) is 5.73 Å². The minimum absolute atomic E-state index is 0.306. The number of nitrogens with two attached hydrogens (primary N) is 1. The van der Waals surface area contributed by atoms with Crippen molar-refractivity contribution in [1.82, 2.24) is 0 Å². The van der Waals surface area contributed by atoms with Gasteiger partial charge in [0.15, 0.2) is 11.6 Å². The zero-order valence-electron chi connectivity index (χ0n) is 11.7. The molecule has 0 fully saturated rings. The first kappa shape index (κ1) is 14.4. The summed E-state index contributed by atoms with van der Waals surface area (Å²) < 4.78 is 19.7. The highest BCUT2D eigenvalue weighted by Gasteiger charge is 2.23. The number of ether oxygens (including phenoxy) is 1. The molecule has 2 nitrogen and oxygen atoms in total. The van der Waals surface area contributed by atoms with Crippen LogP contribution in [0.3, 0.4) is 0 Å². The molecule has 0 spiro atoms. The Morgan fingerprint density at radius 3 is 2.90 bits per heavy atom. The monoisotopic (exact) mass is 303 g/mol. The van der Waals surface area contributed by atoms with Gasteiger partial charge in [0, 0.05) is 16.6 Å². The normalized spacial score (nSPS) is 16.8. The lowest BCUT2D eigenvalue weighted by atomic mass is 10.0. The third-order valence-electron chi connectivity index (χ3n) is 3.67. The fraction of sp³-hybridized carbons (Fsp3) is 0.294. The van der Waals surface area contributed by atoms with Gasteiger partial charge in [-0.1, -0.05) is 24.3 Å². The van der Waals surface area contributed by atoms with Crippen molar-refractivity contribution in [1.29, 1.82) is 0 Å². The first-order valence-corrected chi connectivity index (χ1v) is 8.09. The molecule has 0 aliphatic carbocycles. The van der Waals surface area contributed by atoms with Crippen molar-refractivity contribution in [3.05, 3.63) is 59.4 Å². The van der Waals surface area contributed by atoms with Crippen LogP contribution < -0.4 is 10.5 Å². The van der Waals surface area contributed by atoms with Crippen LogP contribution in [0.2, 0.25) is 0 Å². The topological polar surface area (TPSA) is 35.2 Å². The van der Waals surface area contributed by atoms with E-state index in [4.69, 9.17) is 10.5 Å². The van der Waals surface area contributed by atoms with Crippen molar-refractivity contribution in [2.45, 2.75) is 17.2 Å². The van der Waals surface area contributed by atoms with E-state index in [-0.39, 0.29) is 5.82 Å². The molecule has 0 bridgehead atoms. The Bertz CT molecular complexity index is 632. The van der Waals surface area contributed by atoms with Gasteiger partial charge in [0.05, 0.1) is 6.61 Å². The third-order valence-corrected chi connectivity index (χ3v) is 4.92. The maximum Gasteiger partial charge on any atom is 0.165 e. The Hall–Kier alpha value is -1.52. The molecular weight excluding hydrogens is 285 g/mol. The molecule has 4 heteroatoms. The van der Waals surface area contributed by atoms with Gasteiger partial charge in [-0.25, -0.2) is 4.39 Å². The van der Waals surface area contributed by atoms with E-state index in [0.717, 1.165) is 11.3 Å². The summed E-state index contributed by atoms with van der Waals surface area (Å²) in [6, 6.07) is 13.4. The second kappa shape index (κ2) is 6.50. The van der Waals surface area contributed by atoms with E-state index in [9.17, 15) is 4.39 Å². The van der Waals surface area contributed by atoms with Crippen molar-refractivity contribution in [3.8, 4) is 5.75 Å². The number of thioether (sulfide) groups is 1. The molecular formula is C17H18FNOS. The van der Waals surface area contributed by atoms with E-state index in [0.29, 0.717) is 31.2 Å². The molecule has 2 aromatic rings. The smallest absolute Gasteiger partial charge is 0.165 e. The summed E-state index contributed by atoms with van der Waals surface area (Å²) in [6.07, 6.45) is 0.684. The van der Waals surface area contributed by atoms with E-state index in [2.05, 4.69) is 12.1 Å². The molecule has 3 rings (SSSR count). The standard InChI is InChI=1S/C17H18FNOS/c18-15-9-12(7-8-19)5-6-16(15)20-10-13-11-21-17-4-2-1-3-14(13)17/h1-6,9,13H,7-8,10-11,19H2. The molecule has 1 heterocycles. The van der Waals surface area contributed by atoms with Crippen LogP contribution in [-0.2, 0) is 6.42 Å². The molecule has 0 radical (unpaired) electrons. The van der Waals surface area contributed by atoms with Gasteiger partial charge in [-0.2, -0.15) is 0 Å². The first-order chi connectivity index (χ1) is 10.3. The average molecular weight is 303 g/mol. The quantitative estimate of drug-likeness (QED) is 0.916. The number of fused-ring (bicyclic) bond motifs is 1. The summed E-state index contributed by atoms with van der Waals surface area (Å²) in [5, 5.41) is 0. The molecule has 1 aliphatic rings. The number of halogens is 1. The van der Waals surface area contributed by atoms with Crippen molar-refractivity contribution in [3.63, 3.8) is 0 Å². The highest BCUT2D eigenvalue weighted by atomic mass is 32.2. The van der Waals surface area contributed by atoms with Gasteiger partial charge >= 0.3 is 0 Å². The predicted octanol–water partition coefficient (Wildman–Crippen LogP) is 3.60. The van der Waals surface area contributed by atoms with E-state index in [1.807, 2.05) is 30.0 Å². The van der Waals surface area contributed by atoms with E-state index in [1.54, 1.807) is 6.07 Å². The summed E-state index contributed by atoms with van der Waals surface area (Å²) in [6.45, 7) is 1.03. The van der Waals surface area contributed by atoms with E-state index in [1.165, 1.54) is 16.5 Å². The van der Waals surface area contributed by atoms with E-state index < -0.39 is 0 Å². The fourth-order valence-electron chi connectivity index (χ4n) is 2.54. The van der Waals surface area contributed by atoms with Crippen molar-refractivity contribution in [2.75, 3.05) is 18.9 Å². The lowest BCUT2D eigenvalue weighted by Gasteiger charge is -2.13. The van der Waals surface area contributed by atoms with Crippen molar-refractivity contribution < 1.29 is 9.13 Å². The Kier molecular flexibility index (Phi) is 4.46. The van der Waals surface area contributed by atoms with Crippen LogP contribution in [0.5, 0.6) is 5.75 Å². The zero-order chi connectivity index (χ0) is 14.7. The highest BCUT2D eigenvalue weighted by molar-refractivity contribution is 7.99.